The van der Waals surface area contributed by atoms with E-state index in [0.717, 1.165) is 44.6 Å². The summed E-state index contributed by atoms with van der Waals surface area (Å²) in [5.74, 6) is 1.08. The highest BCUT2D eigenvalue weighted by Crippen LogP contribution is 2.26. The fourth-order valence-corrected chi connectivity index (χ4v) is 3.32. The van der Waals surface area contributed by atoms with Crippen molar-refractivity contribution in [2.24, 2.45) is 0 Å². The molecule has 0 unspecified atom stereocenters. The van der Waals surface area contributed by atoms with E-state index in [9.17, 15) is 0 Å². The van der Waals surface area contributed by atoms with Crippen molar-refractivity contribution in [1.29, 1.82) is 0 Å². The molecule has 3 heteroatoms. The van der Waals surface area contributed by atoms with Gasteiger partial charge in [0.1, 0.15) is 5.75 Å². The molecule has 0 bridgehead atoms. The van der Waals surface area contributed by atoms with Crippen LogP contribution in [-0.4, -0.2) is 24.6 Å². The molecule has 19 heavy (non-hydrogen) atoms. The maximum atomic E-state index is 6.13. The molecule has 3 rings (SSSR count). The number of benzene rings is 1. The number of alkyl halides is 1. The minimum Gasteiger partial charge on any atom is -0.493 e. The zero-order valence-corrected chi connectivity index (χ0v) is 12.1. The van der Waals surface area contributed by atoms with Crippen molar-refractivity contribution in [3.8, 4) is 5.75 Å². The Morgan fingerprint density at radius 1 is 1.21 bits per heavy atom. The molecule has 104 valence electrons. The Kier molecular flexibility index (Phi) is 4.29. The summed E-state index contributed by atoms with van der Waals surface area (Å²) in [6, 6.07) is 7.30. The van der Waals surface area contributed by atoms with Crippen LogP contribution in [0.1, 0.15) is 36.8 Å². The Hall–Kier alpha value is -0.730. The Labute approximate surface area is 120 Å². The van der Waals surface area contributed by atoms with Crippen LogP contribution in [0.3, 0.4) is 0 Å². The summed E-state index contributed by atoms with van der Waals surface area (Å²) in [7, 11) is 0. The smallest absolute Gasteiger partial charge is 0.122 e. The van der Waals surface area contributed by atoms with Crippen LogP contribution in [0.4, 0.5) is 0 Å². The zero-order valence-electron chi connectivity index (χ0n) is 11.3. The number of hydrogen-bond donors (Lipinski definition) is 1. The van der Waals surface area contributed by atoms with Crippen LogP contribution in [0.15, 0.2) is 18.2 Å². The third kappa shape index (κ3) is 3.43. The topological polar surface area (TPSA) is 21.3 Å². The first-order valence-corrected chi connectivity index (χ1v) is 7.87. The van der Waals surface area contributed by atoms with Gasteiger partial charge in [-0.1, -0.05) is 12.1 Å². The van der Waals surface area contributed by atoms with Crippen molar-refractivity contribution in [3.63, 3.8) is 0 Å². The lowest BCUT2D eigenvalue weighted by molar-refractivity contribution is 0.356. The Bertz CT molecular complexity index is 427. The van der Waals surface area contributed by atoms with E-state index in [4.69, 9.17) is 16.3 Å². The van der Waals surface area contributed by atoms with Crippen molar-refractivity contribution in [2.75, 3.05) is 13.2 Å². The van der Waals surface area contributed by atoms with Gasteiger partial charge >= 0.3 is 0 Å². The normalized spacial score (nSPS) is 25.9. The van der Waals surface area contributed by atoms with Gasteiger partial charge in [-0.15, -0.1) is 11.6 Å². The maximum Gasteiger partial charge on any atom is 0.122 e. The van der Waals surface area contributed by atoms with Gasteiger partial charge in [0.2, 0.25) is 0 Å². The number of halogens is 1. The summed E-state index contributed by atoms with van der Waals surface area (Å²) in [6.07, 6.45) is 6.95. The van der Waals surface area contributed by atoms with Crippen molar-refractivity contribution in [1.82, 2.24) is 5.32 Å². The minimum atomic E-state index is 0.412. The number of fused-ring (bicyclic) bond motifs is 1. The molecule has 0 amide bonds. The number of rotatable bonds is 4. The monoisotopic (exact) mass is 279 g/mol. The zero-order chi connectivity index (χ0) is 13.1. The van der Waals surface area contributed by atoms with E-state index in [1.165, 1.54) is 24.0 Å². The van der Waals surface area contributed by atoms with E-state index in [1.54, 1.807) is 0 Å². The molecule has 0 radical (unpaired) electrons. The molecule has 1 N–H and O–H groups in total. The molecule has 0 atom stereocenters. The average molecular weight is 280 g/mol. The molecular formula is C16H22ClNO. The standard InChI is InChI=1S/C16H22ClNO/c17-14-2-4-15(5-3-14)18-9-7-12-1-6-16-13(11-12)8-10-19-16/h1,6,11,14-15,18H,2-5,7-10H2. The van der Waals surface area contributed by atoms with Gasteiger partial charge in [0.05, 0.1) is 6.61 Å². The third-order valence-corrected chi connectivity index (χ3v) is 4.69. The van der Waals surface area contributed by atoms with Gasteiger partial charge in [-0.2, -0.15) is 0 Å². The summed E-state index contributed by atoms with van der Waals surface area (Å²) >= 11 is 6.13. The van der Waals surface area contributed by atoms with Crippen molar-refractivity contribution in [3.05, 3.63) is 29.3 Å². The van der Waals surface area contributed by atoms with Crippen molar-refractivity contribution in [2.45, 2.75) is 49.9 Å². The maximum absolute atomic E-state index is 6.13. The van der Waals surface area contributed by atoms with Crippen LogP contribution in [0.25, 0.3) is 0 Å². The van der Waals surface area contributed by atoms with Gasteiger partial charge < -0.3 is 10.1 Å². The molecule has 0 saturated heterocycles. The van der Waals surface area contributed by atoms with E-state index < -0.39 is 0 Å². The van der Waals surface area contributed by atoms with Gasteiger partial charge in [0.15, 0.2) is 0 Å². The summed E-state index contributed by atoms with van der Waals surface area (Å²) in [6.45, 7) is 1.91. The van der Waals surface area contributed by atoms with Gasteiger partial charge in [-0.3, -0.25) is 0 Å². The molecule has 1 aliphatic heterocycles. The van der Waals surface area contributed by atoms with E-state index in [1.807, 2.05) is 0 Å². The number of hydrogen-bond acceptors (Lipinski definition) is 2. The lowest BCUT2D eigenvalue weighted by Gasteiger charge is -2.25. The molecule has 1 aliphatic carbocycles. The van der Waals surface area contributed by atoms with Crippen LogP contribution in [0.2, 0.25) is 0 Å². The molecule has 1 saturated carbocycles. The predicted molar refractivity (Wildman–Crippen MR) is 79.2 cm³/mol. The largest absolute Gasteiger partial charge is 0.493 e. The number of nitrogens with one attached hydrogen (secondary N) is 1. The van der Waals surface area contributed by atoms with Crippen LogP contribution >= 0.6 is 11.6 Å². The summed E-state index contributed by atoms with van der Waals surface area (Å²) in [5.41, 5.74) is 2.79. The first-order valence-electron chi connectivity index (χ1n) is 7.43. The molecule has 2 aliphatic rings. The highest BCUT2D eigenvalue weighted by Gasteiger charge is 2.18. The molecule has 0 aromatic heterocycles. The first kappa shape index (κ1) is 13.3. The lowest BCUT2D eigenvalue weighted by Crippen LogP contribution is -2.34. The first-order chi connectivity index (χ1) is 9.31. The molecule has 1 fully saturated rings. The molecule has 0 spiro atoms. The van der Waals surface area contributed by atoms with E-state index in [0.29, 0.717) is 11.4 Å². The summed E-state index contributed by atoms with van der Waals surface area (Å²) in [5, 5.41) is 4.08. The highest BCUT2D eigenvalue weighted by atomic mass is 35.5. The van der Waals surface area contributed by atoms with Crippen molar-refractivity contribution >= 4 is 11.6 Å². The average Bonchev–Trinajstić information content (AvgIpc) is 2.88. The van der Waals surface area contributed by atoms with E-state index in [-0.39, 0.29) is 0 Å². The summed E-state index contributed by atoms with van der Waals surface area (Å²) in [4.78, 5) is 0. The second kappa shape index (κ2) is 6.15. The van der Waals surface area contributed by atoms with Gasteiger partial charge in [-0.25, -0.2) is 0 Å². The van der Waals surface area contributed by atoms with E-state index in [2.05, 4.69) is 23.5 Å². The second-order valence-corrected chi connectivity index (χ2v) is 6.31. The van der Waals surface area contributed by atoms with Gasteiger partial charge in [0.25, 0.3) is 0 Å². The summed E-state index contributed by atoms with van der Waals surface area (Å²) < 4.78 is 5.53. The Balaban J connectivity index is 1.45. The van der Waals surface area contributed by atoms with Crippen LogP contribution in [0.5, 0.6) is 5.75 Å². The Morgan fingerprint density at radius 3 is 2.89 bits per heavy atom. The van der Waals surface area contributed by atoms with Crippen molar-refractivity contribution < 1.29 is 4.74 Å². The molecular weight excluding hydrogens is 258 g/mol. The molecule has 1 aromatic carbocycles. The van der Waals surface area contributed by atoms with Gasteiger partial charge in [-0.05, 0) is 55.8 Å². The minimum absolute atomic E-state index is 0.412. The molecule has 2 nitrogen and oxygen atoms in total. The van der Waals surface area contributed by atoms with Crippen LogP contribution < -0.4 is 10.1 Å². The molecule has 1 aromatic rings. The lowest BCUT2D eigenvalue weighted by atomic mass is 9.95. The SMILES string of the molecule is ClC1CCC(NCCc2ccc3c(c2)CCO3)CC1. The van der Waals surface area contributed by atoms with E-state index >= 15 is 0 Å². The number of ether oxygens (including phenoxy) is 1. The highest BCUT2D eigenvalue weighted by molar-refractivity contribution is 6.20. The Morgan fingerprint density at radius 2 is 2.05 bits per heavy atom. The second-order valence-electron chi connectivity index (χ2n) is 5.69. The third-order valence-electron chi connectivity index (χ3n) is 4.26. The predicted octanol–water partition coefficient (Wildman–Crippen LogP) is 3.30. The quantitative estimate of drug-likeness (QED) is 0.854. The fourth-order valence-electron chi connectivity index (χ4n) is 3.07. The van der Waals surface area contributed by atoms with Gasteiger partial charge in [0, 0.05) is 17.8 Å². The van der Waals surface area contributed by atoms with Crippen LogP contribution in [0, 0.1) is 0 Å². The molecule has 1 heterocycles. The fraction of sp³-hybridized carbons (Fsp3) is 0.625. The van der Waals surface area contributed by atoms with Crippen LogP contribution in [-0.2, 0) is 12.8 Å².